The maximum absolute atomic E-state index is 13.5. The lowest BCUT2D eigenvalue weighted by Crippen LogP contribution is -2.16. The summed E-state index contributed by atoms with van der Waals surface area (Å²) in [5.41, 5.74) is 7.58. The van der Waals surface area contributed by atoms with Gasteiger partial charge in [0.2, 0.25) is 0 Å². The first-order valence-electron chi connectivity index (χ1n) is 11.7. The minimum Gasteiger partial charge on any atom is -0.390 e. The van der Waals surface area contributed by atoms with Crippen molar-refractivity contribution in [3.63, 3.8) is 0 Å². The summed E-state index contributed by atoms with van der Waals surface area (Å²) >= 11 is 0. The summed E-state index contributed by atoms with van der Waals surface area (Å²) in [4.78, 5) is 9.43. The number of benzene rings is 2. The fourth-order valence-electron chi connectivity index (χ4n) is 4.17. The first-order valence-corrected chi connectivity index (χ1v) is 13.7. The van der Waals surface area contributed by atoms with E-state index in [1.165, 1.54) is 28.6 Å². The minimum atomic E-state index is -0.247. The van der Waals surface area contributed by atoms with Crippen molar-refractivity contribution in [2.45, 2.75) is 27.2 Å². The molecule has 1 N–H and O–H groups in total. The number of halogens is 1. The van der Waals surface area contributed by atoms with Gasteiger partial charge in [0, 0.05) is 35.8 Å². The van der Waals surface area contributed by atoms with Crippen molar-refractivity contribution in [1.82, 2.24) is 15.3 Å². The van der Waals surface area contributed by atoms with Crippen molar-refractivity contribution < 1.29 is 4.39 Å². The molecule has 2 heterocycles. The number of nitrogens with zero attached hydrogens (tertiary/aromatic N) is 2. The Morgan fingerprint density at radius 3 is 2.62 bits per heavy atom. The molecule has 0 saturated carbocycles. The third-order valence-electron chi connectivity index (χ3n) is 6.14. The highest BCUT2D eigenvalue weighted by atomic mass is 31.1. The van der Waals surface area contributed by atoms with Gasteiger partial charge in [0.15, 0.2) is 0 Å². The van der Waals surface area contributed by atoms with Crippen molar-refractivity contribution in [3.8, 4) is 11.3 Å². The van der Waals surface area contributed by atoms with Gasteiger partial charge in [-0.15, -0.1) is 0 Å². The predicted octanol–water partition coefficient (Wildman–Crippen LogP) is 6.61. The molecule has 2 aromatic carbocycles. The van der Waals surface area contributed by atoms with Crippen molar-refractivity contribution in [1.29, 1.82) is 0 Å². The van der Waals surface area contributed by atoms with Crippen LogP contribution in [0.3, 0.4) is 0 Å². The predicted molar refractivity (Wildman–Crippen MR) is 145 cm³/mol. The molecule has 0 spiro atoms. The zero-order valence-electron chi connectivity index (χ0n) is 20.3. The van der Waals surface area contributed by atoms with Crippen LogP contribution < -0.4 is 10.6 Å². The third-order valence-corrected chi connectivity index (χ3v) is 8.37. The molecule has 0 aliphatic carbocycles. The van der Waals surface area contributed by atoms with Crippen LogP contribution in [-0.2, 0) is 6.42 Å². The molecule has 174 valence electrons. The zero-order chi connectivity index (χ0) is 24.1. The molecule has 1 unspecified atom stereocenters. The zero-order valence-corrected chi connectivity index (χ0v) is 21.2. The van der Waals surface area contributed by atoms with Crippen molar-refractivity contribution in [2.75, 3.05) is 19.4 Å². The Bertz CT molecular complexity index is 1320. The Morgan fingerprint density at radius 1 is 1.06 bits per heavy atom. The molecular weight excluding hydrogens is 440 g/mol. The molecule has 3 nitrogen and oxygen atoms in total. The molecule has 4 rings (SSSR count). The monoisotopic (exact) mass is 471 g/mol. The van der Waals surface area contributed by atoms with Gasteiger partial charge in [0.25, 0.3) is 0 Å². The lowest BCUT2D eigenvalue weighted by atomic mass is 10.1. The molecule has 5 heteroatoms. The van der Waals surface area contributed by atoms with Gasteiger partial charge in [-0.25, -0.2) is 4.39 Å². The molecule has 0 aliphatic rings. The summed E-state index contributed by atoms with van der Waals surface area (Å²) in [6, 6.07) is 17.3. The quantitative estimate of drug-likeness (QED) is 0.232. The van der Waals surface area contributed by atoms with Crippen LogP contribution in [0.5, 0.6) is 0 Å². The topological polar surface area (TPSA) is 37.8 Å². The van der Waals surface area contributed by atoms with E-state index in [0.29, 0.717) is 0 Å². The maximum Gasteiger partial charge on any atom is 0.123 e. The minimum absolute atomic E-state index is 0.224. The van der Waals surface area contributed by atoms with Gasteiger partial charge in [0.05, 0.1) is 11.2 Å². The largest absolute Gasteiger partial charge is 0.390 e. The van der Waals surface area contributed by atoms with E-state index in [9.17, 15) is 4.39 Å². The Morgan fingerprint density at radius 2 is 1.85 bits per heavy atom. The van der Waals surface area contributed by atoms with E-state index in [-0.39, 0.29) is 13.7 Å². The molecule has 0 fully saturated rings. The average Bonchev–Trinajstić information content (AvgIpc) is 2.85. The highest BCUT2D eigenvalue weighted by molar-refractivity contribution is 7.64. The summed E-state index contributed by atoms with van der Waals surface area (Å²) in [6.45, 7) is 9.58. The van der Waals surface area contributed by atoms with E-state index in [4.69, 9.17) is 4.98 Å². The van der Waals surface area contributed by atoms with Gasteiger partial charge in [-0.1, -0.05) is 20.9 Å². The Kier molecular flexibility index (Phi) is 7.70. The number of hydrogen-bond acceptors (Lipinski definition) is 3. The number of pyridine rings is 2. The normalized spacial score (nSPS) is 12.4. The van der Waals surface area contributed by atoms with Crippen LogP contribution in [0.25, 0.3) is 28.2 Å². The molecule has 0 radical (unpaired) electrons. The van der Waals surface area contributed by atoms with Gasteiger partial charge in [-0.3, -0.25) is 9.97 Å². The van der Waals surface area contributed by atoms with Crippen molar-refractivity contribution in [2.24, 2.45) is 0 Å². The third kappa shape index (κ3) is 5.51. The molecule has 0 saturated heterocycles. The summed E-state index contributed by atoms with van der Waals surface area (Å²) in [5.74, 6) is -0.224. The maximum atomic E-state index is 13.5. The highest BCUT2D eigenvalue weighted by Crippen LogP contribution is 2.33. The fraction of sp³-hybridized carbons (Fsp3) is 0.241. The van der Waals surface area contributed by atoms with Crippen molar-refractivity contribution in [3.05, 3.63) is 95.2 Å². The second-order valence-electron chi connectivity index (χ2n) is 8.58. The summed E-state index contributed by atoms with van der Waals surface area (Å²) in [7, 11) is -0.247. The van der Waals surface area contributed by atoms with Crippen molar-refractivity contribution >= 4 is 30.2 Å². The van der Waals surface area contributed by atoms with Gasteiger partial charge in [-0.05, 0) is 109 Å². The number of aromatic nitrogens is 2. The summed E-state index contributed by atoms with van der Waals surface area (Å²) in [5, 5.41) is 5.95. The van der Waals surface area contributed by atoms with E-state index in [0.717, 1.165) is 52.5 Å². The lowest BCUT2D eigenvalue weighted by molar-refractivity contribution is 0.628. The Balaban J connectivity index is 1.49. The number of nitrogens with one attached hydrogen (secondary N) is 1. The number of fused-ring (bicyclic) bond motifs is 1. The van der Waals surface area contributed by atoms with Crippen LogP contribution in [0.4, 0.5) is 4.39 Å². The smallest absolute Gasteiger partial charge is 0.123 e. The Hall–Kier alpha value is -3.10. The average molecular weight is 472 g/mol. The lowest BCUT2D eigenvalue weighted by Gasteiger charge is -2.18. The highest BCUT2D eigenvalue weighted by Gasteiger charge is 2.14. The first kappa shape index (κ1) is 24.0. The molecule has 0 bridgehead atoms. The van der Waals surface area contributed by atoms with Gasteiger partial charge in [0.1, 0.15) is 5.82 Å². The van der Waals surface area contributed by atoms with E-state index >= 15 is 0 Å². The molecule has 1 atom stereocenters. The van der Waals surface area contributed by atoms with E-state index in [1.807, 2.05) is 30.6 Å². The number of hydrogen-bond donors (Lipinski definition) is 1. The Labute approximate surface area is 202 Å². The molecule has 0 amide bonds. The van der Waals surface area contributed by atoms with E-state index in [2.05, 4.69) is 68.1 Å². The molecule has 4 aromatic rings. The second-order valence-corrected chi connectivity index (χ2v) is 11.1. The van der Waals surface area contributed by atoms with Gasteiger partial charge >= 0.3 is 0 Å². The van der Waals surface area contributed by atoms with Crippen LogP contribution in [0.2, 0.25) is 0 Å². The van der Waals surface area contributed by atoms with Crippen LogP contribution in [0.1, 0.15) is 29.3 Å². The van der Waals surface area contributed by atoms with Gasteiger partial charge in [-0.2, -0.15) is 0 Å². The van der Waals surface area contributed by atoms with Gasteiger partial charge < -0.3 is 5.32 Å². The standard InChI is InChI=1S/C29H31FN3P/c1-5-34(4)27-19-26(33-29(21(27)3)23-8-10-25(30)11-9-23)13-16-31-15-12-22-17-20(2)28-24(18-22)7-6-14-32-28/h6-12,14-15,17-19,31H,5,13,16H2,1-4H3/b15-12+. The molecular formula is C29H31FN3P. The first-order chi connectivity index (χ1) is 16.5. The fourth-order valence-corrected chi connectivity index (χ4v) is 5.56. The van der Waals surface area contributed by atoms with Crippen LogP contribution in [0, 0.1) is 19.7 Å². The van der Waals surface area contributed by atoms with Crippen LogP contribution in [0.15, 0.2) is 67.0 Å². The summed E-state index contributed by atoms with van der Waals surface area (Å²) < 4.78 is 13.5. The SMILES string of the molecule is CCP(C)c1cc(CCN/C=C/c2cc(C)c3ncccc3c2)nc(-c2ccc(F)cc2)c1C. The number of aryl methyl sites for hydroxylation is 1. The van der Waals surface area contributed by atoms with E-state index < -0.39 is 0 Å². The van der Waals surface area contributed by atoms with E-state index in [1.54, 1.807) is 0 Å². The van der Waals surface area contributed by atoms with Crippen LogP contribution >= 0.6 is 7.92 Å². The number of rotatable bonds is 8. The molecule has 0 aliphatic heterocycles. The molecule has 2 aromatic heterocycles. The summed E-state index contributed by atoms with van der Waals surface area (Å²) in [6.07, 6.45) is 7.88. The second kappa shape index (κ2) is 10.9. The molecule has 34 heavy (non-hydrogen) atoms. The van der Waals surface area contributed by atoms with Crippen LogP contribution in [-0.4, -0.2) is 29.3 Å².